The smallest absolute Gasteiger partial charge is 0.346 e. The Morgan fingerprint density at radius 2 is 1.84 bits per heavy atom. The van der Waals surface area contributed by atoms with E-state index in [4.69, 9.17) is 16.0 Å². The van der Waals surface area contributed by atoms with Gasteiger partial charge in [0, 0.05) is 23.5 Å². The van der Waals surface area contributed by atoms with E-state index in [1.807, 2.05) is 0 Å². The average Bonchev–Trinajstić information content (AvgIpc) is 2.73. The van der Waals surface area contributed by atoms with E-state index in [0.717, 1.165) is 0 Å². The first-order valence-corrected chi connectivity index (χ1v) is 10.9. The van der Waals surface area contributed by atoms with Gasteiger partial charge in [0.05, 0.1) is 21.2 Å². The van der Waals surface area contributed by atoms with Crippen LogP contribution in [-0.4, -0.2) is 24.6 Å². The number of hydrogen-bond acceptors (Lipinski definition) is 7. The van der Waals surface area contributed by atoms with Crippen LogP contribution in [0.25, 0.3) is 11.0 Å². The van der Waals surface area contributed by atoms with Gasteiger partial charge in [0.2, 0.25) is 5.95 Å². The molecule has 4 rings (SSSR count). The minimum Gasteiger partial charge on any atom is -0.422 e. The van der Waals surface area contributed by atoms with Crippen LogP contribution in [0.15, 0.2) is 79.9 Å². The summed E-state index contributed by atoms with van der Waals surface area (Å²) >= 11 is 6.34. The molecule has 0 radical (unpaired) electrons. The number of aryl methyl sites for hydroxylation is 1. The predicted octanol–water partition coefficient (Wildman–Crippen LogP) is 4.10. The Morgan fingerprint density at radius 1 is 1.10 bits per heavy atom. The third-order valence-electron chi connectivity index (χ3n) is 4.29. The van der Waals surface area contributed by atoms with E-state index in [0.29, 0.717) is 22.4 Å². The summed E-state index contributed by atoms with van der Waals surface area (Å²) in [5.74, 6) is -0.0141. The fourth-order valence-corrected chi connectivity index (χ4v) is 4.00. The van der Waals surface area contributed by atoms with Gasteiger partial charge < -0.3 is 4.42 Å². The molecule has 0 amide bonds. The van der Waals surface area contributed by atoms with Gasteiger partial charge in [-0.2, -0.15) is 0 Å². The van der Waals surface area contributed by atoms with E-state index in [9.17, 15) is 13.2 Å². The zero-order chi connectivity index (χ0) is 22.0. The summed E-state index contributed by atoms with van der Waals surface area (Å²) in [7, 11) is -3.86. The Kier molecular flexibility index (Phi) is 5.53. The minimum atomic E-state index is -3.86. The first kappa shape index (κ1) is 20.7. The monoisotopic (exact) mass is 454 g/mol. The minimum absolute atomic E-state index is 0.0137. The summed E-state index contributed by atoms with van der Waals surface area (Å²) in [6.07, 6.45) is 2.76. The quantitative estimate of drug-likeness (QED) is 0.358. The van der Waals surface area contributed by atoms with E-state index >= 15 is 0 Å². The van der Waals surface area contributed by atoms with Crippen LogP contribution in [-0.2, 0) is 10.0 Å². The number of rotatable bonds is 5. The van der Waals surface area contributed by atoms with Crippen molar-refractivity contribution in [2.24, 2.45) is 4.99 Å². The van der Waals surface area contributed by atoms with Crippen LogP contribution in [0.3, 0.4) is 0 Å². The number of nitrogens with one attached hydrogen (secondary N) is 1. The second kappa shape index (κ2) is 8.29. The summed E-state index contributed by atoms with van der Waals surface area (Å²) in [6.45, 7) is 1.73. The Bertz CT molecular complexity index is 1470. The molecule has 2 aromatic carbocycles. The van der Waals surface area contributed by atoms with Gasteiger partial charge in [-0.05, 0) is 49.4 Å². The molecule has 0 saturated heterocycles. The number of anilines is 1. The number of para-hydroxylation sites is 1. The molecule has 0 aliphatic heterocycles. The molecular formula is C21H15ClN4O4S. The van der Waals surface area contributed by atoms with Crippen LogP contribution in [0.5, 0.6) is 0 Å². The van der Waals surface area contributed by atoms with Crippen molar-refractivity contribution in [3.63, 3.8) is 0 Å². The summed E-state index contributed by atoms with van der Waals surface area (Å²) in [5.41, 5.74) is 0.933. The van der Waals surface area contributed by atoms with Gasteiger partial charge in [-0.3, -0.25) is 4.99 Å². The third-order valence-corrected chi connectivity index (χ3v) is 6.04. The maximum absolute atomic E-state index is 12.5. The Balaban J connectivity index is 1.58. The van der Waals surface area contributed by atoms with Crippen molar-refractivity contribution in [2.75, 3.05) is 4.72 Å². The fourth-order valence-electron chi connectivity index (χ4n) is 2.76. The van der Waals surface area contributed by atoms with Gasteiger partial charge in [-0.25, -0.2) is 27.9 Å². The molecule has 0 saturated carbocycles. The molecule has 1 N–H and O–H groups in total. The maximum atomic E-state index is 12.5. The second-order valence-corrected chi connectivity index (χ2v) is 8.55. The van der Waals surface area contributed by atoms with Gasteiger partial charge in [-0.1, -0.05) is 23.7 Å². The molecular weight excluding hydrogens is 440 g/mol. The lowest BCUT2D eigenvalue weighted by molar-refractivity contribution is 0.560. The third kappa shape index (κ3) is 4.47. The highest BCUT2D eigenvalue weighted by Crippen LogP contribution is 2.24. The van der Waals surface area contributed by atoms with Gasteiger partial charge >= 0.3 is 5.63 Å². The zero-order valence-electron chi connectivity index (χ0n) is 16.1. The number of sulfonamides is 1. The van der Waals surface area contributed by atoms with Crippen molar-refractivity contribution in [1.29, 1.82) is 0 Å². The lowest BCUT2D eigenvalue weighted by atomic mass is 10.2. The van der Waals surface area contributed by atoms with E-state index < -0.39 is 15.6 Å². The number of aliphatic imine (C=N–C) groups is 1. The van der Waals surface area contributed by atoms with Gasteiger partial charge in [0.15, 0.2) is 0 Å². The van der Waals surface area contributed by atoms with E-state index in [2.05, 4.69) is 19.7 Å². The van der Waals surface area contributed by atoms with Crippen molar-refractivity contribution >= 4 is 50.4 Å². The molecule has 31 heavy (non-hydrogen) atoms. The van der Waals surface area contributed by atoms with Crippen LogP contribution in [0, 0.1) is 6.92 Å². The van der Waals surface area contributed by atoms with Crippen molar-refractivity contribution < 1.29 is 12.8 Å². The second-order valence-electron chi connectivity index (χ2n) is 6.49. The molecule has 4 aromatic rings. The summed E-state index contributed by atoms with van der Waals surface area (Å²) in [6, 6.07) is 14.3. The van der Waals surface area contributed by atoms with Crippen molar-refractivity contribution in [3.05, 3.63) is 87.5 Å². The first-order valence-electron chi connectivity index (χ1n) is 9.01. The molecule has 0 aliphatic carbocycles. The van der Waals surface area contributed by atoms with E-state index in [-0.39, 0.29) is 21.4 Å². The molecule has 156 valence electrons. The number of nitrogens with zero attached hydrogens (tertiary/aromatic N) is 3. The van der Waals surface area contributed by atoms with Crippen LogP contribution in [0.4, 0.5) is 11.6 Å². The Hall–Kier alpha value is -3.56. The zero-order valence-corrected chi connectivity index (χ0v) is 17.7. The maximum Gasteiger partial charge on any atom is 0.346 e. The lowest BCUT2D eigenvalue weighted by Gasteiger charge is -2.07. The van der Waals surface area contributed by atoms with Gasteiger partial charge in [0.1, 0.15) is 5.58 Å². The summed E-state index contributed by atoms with van der Waals surface area (Å²) in [5, 5.41) is 0.827. The Morgan fingerprint density at radius 3 is 2.58 bits per heavy atom. The lowest BCUT2D eigenvalue weighted by Crippen LogP contribution is -2.15. The number of benzene rings is 2. The van der Waals surface area contributed by atoms with Crippen molar-refractivity contribution in [2.45, 2.75) is 11.8 Å². The average molecular weight is 455 g/mol. The largest absolute Gasteiger partial charge is 0.422 e. The van der Waals surface area contributed by atoms with Crippen molar-refractivity contribution in [3.8, 4) is 0 Å². The number of hydrogen-bond donors (Lipinski definition) is 1. The van der Waals surface area contributed by atoms with Crippen LogP contribution < -0.4 is 10.3 Å². The molecule has 0 spiro atoms. The summed E-state index contributed by atoms with van der Waals surface area (Å²) < 4.78 is 32.6. The topological polar surface area (TPSA) is 115 Å². The molecule has 0 fully saturated rings. The van der Waals surface area contributed by atoms with Crippen LogP contribution in [0.1, 0.15) is 11.3 Å². The molecule has 0 aliphatic rings. The standard InChI is InChI=1S/C21H15ClN4O4S/c1-13-10-11-23-21(25-13)26-31(28,29)15-8-6-14(7-9-15)24-12-17-19(22)16-4-2-3-5-18(16)30-20(17)27/h2-12H,1H3,(H,23,25,26). The number of aromatic nitrogens is 2. The highest BCUT2D eigenvalue weighted by atomic mass is 35.5. The molecule has 2 aromatic heterocycles. The summed E-state index contributed by atoms with van der Waals surface area (Å²) in [4.78, 5) is 24.4. The van der Waals surface area contributed by atoms with Crippen LogP contribution >= 0.6 is 11.6 Å². The highest BCUT2D eigenvalue weighted by Gasteiger charge is 2.16. The fraction of sp³-hybridized carbons (Fsp3) is 0.0476. The highest BCUT2D eigenvalue weighted by molar-refractivity contribution is 7.92. The van der Waals surface area contributed by atoms with E-state index in [1.54, 1.807) is 37.3 Å². The normalized spacial score (nSPS) is 11.8. The SMILES string of the molecule is Cc1ccnc(NS(=O)(=O)c2ccc(N=Cc3c(Cl)c4ccccc4oc3=O)cc2)n1. The molecule has 2 heterocycles. The number of fused-ring (bicyclic) bond motifs is 1. The Labute approximate surface area is 182 Å². The van der Waals surface area contributed by atoms with Crippen molar-refractivity contribution in [1.82, 2.24) is 9.97 Å². The molecule has 0 bridgehead atoms. The predicted molar refractivity (Wildman–Crippen MR) is 119 cm³/mol. The van der Waals surface area contributed by atoms with Gasteiger partial charge in [-0.15, -0.1) is 0 Å². The van der Waals surface area contributed by atoms with Gasteiger partial charge in [0.25, 0.3) is 10.0 Å². The van der Waals surface area contributed by atoms with Crippen LogP contribution in [0.2, 0.25) is 5.02 Å². The molecule has 0 unspecified atom stereocenters. The molecule has 10 heteroatoms. The van der Waals surface area contributed by atoms with E-state index in [1.165, 1.54) is 36.7 Å². The first-order chi connectivity index (χ1) is 14.8. The number of halogens is 1. The molecule has 0 atom stereocenters. The molecule has 8 nitrogen and oxygen atoms in total.